The number of carbonyl (C=O) groups excluding carboxylic acids is 3. The molecule has 0 aromatic carbocycles. The van der Waals surface area contributed by atoms with Gasteiger partial charge in [0.25, 0.3) is 5.87 Å². The lowest BCUT2D eigenvalue weighted by Gasteiger charge is -2.25. The fraction of sp³-hybridized carbons (Fsp3) is 0.727. The molecule has 18 heavy (non-hydrogen) atoms. The van der Waals surface area contributed by atoms with Crippen LogP contribution in [0.3, 0.4) is 0 Å². The number of aliphatic hydroxyl groups is 1. The summed E-state index contributed by atoms with van der Waals surface area (Å²) in [4.78, 5) is 34.5. The van der Waals surface area contributed by atoms with Gasteiger partial charge in [0.2, 0.25) is 5.91 Å². The highest BCUT2D eigenvalue weighted by Gasteiger charge is 2.19. The molecular weight excluding hydrogens is 237 g/mol. The second-order valence-electron chi connectivity index (χ2n) is 4.28. The Morgan fingerprint density at radius 3 is 2.17 bits per heavy atom. The summed E-state index contributed by atoms with van der Waals surface area (Å²) < 4.78 is 4.93. The summed E-state index contributed by atoms with van der Waals surface area (Å²) in [5.74, 6) is -0.940. The third-order valence-corrected chi connectivity index (χ3v) is 2.05. The first-order valence-corrected chi connectivity index (χ1v) is 5.72. The van der Waals surface area contributed by atoms with Crippen LogP contribution >= 0.6 is 0 Å². The zero-order valence-corrected chi connectivity index (χ0v) is 11.2. The molecule has 0 fully saturated rings. The first kappa shape index (κ1) is 16.6. The molecule has 0 aliphatic heterocycles. The molecule has 0 aromatic rings. The number of ether oxygens (including phenoxy) is 1. The van der Waals surface area contributed by atoms with Crippen molar-refractivity contribution < 1.29 is 24.2 Å². The Labute approximate surface area is 108 Å². The molecule has 0 aliphatic carbocycles. The molecule has 1 amide bonds. The Morgan fingerprint density at radius 2 is 1.78 bits per heavy atom. The van der Waals surface area contributed by atoms with Gasteiger partial charge in [-0.25, -0.2) is 0 Å². The maximum absolute atomic E-state index is 11.3. The quantitative estimate of drug-likeness (QED) is 0.648. The van der Waals surface area contributed by atoms with E-state index < -0.39 is 18.1 Å². The lowest BCUT2D eigenvalue weighted by Crippen LogP contribution is -2.41. The Morgan fingerprint density at radius 1 is 1.22 bits per heavy atom. The van der Waals surface area contributed by atoms with Crippen LogP contribution in [0.4, 0.5) is 4.79 Å². The molecule has 0 rings (SSSR count). The highest BCUT2D eigenvalue weighted by molar-refractivity contribution is 6.95. The van der Waals surface area contributed by atoms with E-state index in [0.29, 0.717) is 0 Å². The van der Waals surface area contributed by atoms with Crippen molar-refractivity contribution in [1.29, 1.82) is 0 Å². The van der Waals surface area contributed by atoms with Gasteiger partial charge in [-0.05, 0) is 20.8 Å². The maximum atomic E-state index is 11.3. The van der Waals surface area contributed by atoms with E-state index in [-0.39, 0.29) is 24.7 Å². The molecule has 1 radical (unpaired) electrons. The summed E-state index contributed by atoms with van der Waals surface area (Å²) in [6, 6.07) is 0. The van der Waals surface area contributed by atoms with Gasteiger partial charge in [0.05, 0.1) is 18.3 Å². The minimum absolute atomic E-state index is 0.174. The van der Waals surface area contributed by atoms with Crippen LogP contribution < -0.4 is 0 Å². The summed E-state index contributed by atoms with van der Waals surface area (Å²) in [5.41, 5.74) is -0.389. The lowest BCUT2D eigenvalue weighted by atomic mass is 9.74. The molecule has 6 nitrogen and oxygen atoms in total. The van der Waals surface area contributed by atoms with Gasteiger partial charge < -0.3 is 19.5 Å². The molecule has 0 heterocycles. The standard InChI is InChI=1S/C11H19BNO5/c1-7(14)5-13(10(4)16)6-8(2)18-11(17)12-9(3)15/h7-8,14H,5-6H2,1-4H3. The predicted octanol–water partition coefficient (Wildman–Crippen LogP) is -0.00850. The van der Waals surface area contributed by atoms with Gasteiger partial charge in [-0.2, -0.15) is 0 Å². The second kappa shape index (κ2) is 7.86. The van der Waals surface area contributed by atoms with Crippen LogP contribution in [-0.4, -0.2) is 60.0 Å². The SMILES string of the molecule is CC(=O)[B]C(=O)OC(C)CN(CC(C)O)C(C)=O. The smallest absolute Gasteiger partial charge is 0.347 e. The highest BCUT2D eigenvalue weighted by Crippen LogP contribution is 2.00. The molecule has 7 heteroatoms. The molecule has 2 atom stereocenters. The minimum atomic E-state index is -0.726. The lowest BCUT2D eigenvalue weighted by molar-refractivity contribution is -0.131. The molecule has 0 saturated carbocycles. The van der Waals surface area contributed by atoms with E-state index in [1.807, 2.05) is 0 Å². The summed E-state index contributed by atoms with van der Waals surface area (Å²) >= 11 is 0. The summed E-state index contributed by atoms with van der Waals surface area (Å²) in [6.45, 7) is 6.16. The topological polar surface area (TPSA) is 83.9 Å². The van der Waals surface area contributed by atoms with E-state index in [2.05, 4.69) is 0 Å². The van der Waals surface area contributed by atoms with E-state index in [4.69, 9.17) is 4.74 Å². The molecule has 0 saturated heterocycles. The van der Waals surface area contributed by atoms with Crippen LogP contribution in [0.15, 0.2) is 0 Å². The van der Waals surface area contributed by atoms with E-state index in [9.17, 15) is 19.5 Å². The Kier molecular flexibility index (Phi) is 7.27. The Balaban J connectivity index is 4.25. The zero-order valence-electron chi connectivity index (χ0n) is 11.2. The number of hydrogen-bond acceptors (Lipinski definition) is 5. The van der Waals surface area contributed by atoms with Crippen LogP contribution in [0.1, 0.15) is 27.7 Å². The average molecular weight is 256 g/mol. The van der Waals surface area contributed by atoms with Crippen molar-refractivity contribution in [2.75, 3.05) is 13.1 Å². The maximum Gasteiger partial charge on any atom is 0.347 e. The fourth-order valence-electron chi connectivity index (χ4n) is 1.40. The molecule has 0 aliphatic rings. The van der Waals surface area contributed by atoms with Crippen molar-refractivity contribution in [1.82, 2.24) is 4.90 Å². The van der Waals surface area contributed by atoms with E-state index in [0.717, 1.165) is 7.28 Å². The van der Waals surface area contributed by atoms with Gasteiger partial charge in [-0.1, -0.05) is 0 Å². The van der Waals surface area contributed by atoms with Gasteiger partial charge in [0, 0.05) is 13.5 Å². The molecule has 0 spiro atoms. The predicted molar refractivity (Wildman–Crippen MR) is 66.3 cm³/mol. The van der Waals surface area contributed by atoms with Crippen molar-refractivity contribution in [2.45, 2.75) is 39.9 Å². The van der Waals surface area contributed by atoms with Crippen LogP contribution in [0.2, 0.25) is 0 Å². The van der Waals surface area contributed by atoms with Crippen molar-refractivity contribution in [3.8, 4) is 0 Å². The van der Waals surface area contributed by atoms with Crippen LogP contribution in [0.5, 0.6) is 0 Å². The number of nitrogens with zero attached hydrogens (tertiary/aromatic N) is 1. The van der Waals surface area contributed by atoms with Gasteiger partial charge in [-0.3, -0.25) is 9.59 Å². The molecule has 101 valence electrons. The number of amides is 1. The normalized spacial score (nSPS) is 13.4. The van der Waals surface area contributed by atoms with Crippen LogP contribution in [0, 0.1) is 0 Å². The van der Waals surface area contributed by atoms with Crippen LogP contribution in [-0.2, 0) is 14.3 Å². The average Bonchev–Trinajstić information content (AvgIpc) is 2.13. The van der Waals surface area contributed by atoms with Gasteiger partial charge in [0.15, 0.2) is 0 Å². The van der Waals surface area contributed by atoms with Gasteiger partial charge in [-0.15, -0.1) is 0 Å². The number of hydrogen-bond donors (Lipinski definition) is 1. The second-order valence-corrected chi connectivity index (χ2v) is 4.28. The first-order valence-electron chi connectivity index (χ1n) is 5.72. The van der Waals surface area contributed by atoms with E-state index >= 15 is 0 Å². The van der Waals surface area contributed by atoms with E-state index in [1.165, 1.54) is 18.7 Å². The summed E-state index contributed by atoms with van der Waals surface area (Å²) in [6.07, 6.45) is -1.20. The highest BCUT2D eigenvalue weighted by atomic mass is 16.5. The number of carbonyl (C=O) groups is 3. The molecule has 2 unspecified atom stereocenters. The minimum Gasteiger partial charge on any atom is -0.469 e. The van der Waals surface area contributed by atoms with Crippen molar-refractivity contribution in [2.24, 2.45) is 0 Å². The largest absolute Gasteiger partial charge is 0.469 e. The Bertz CT molecular complexity index is 319. The number of aliphatic hydroxyl groups excluding tert-OH is 1. The first-order chi connectivity index (χ1) is 8.22. The molecule has 0 aromatic heterocycles. The fourth-order valence-corrected chi connectivity index (χ4v) is 1.40. The van der Waals surface area contributed by atoms with Gasteiger partial charge >= 0.3 is 7.28 Å². The summed E-state index contributed by atoms with van der Waals surface area (Å²) in [7, 11) is 0.850. The third kappa shape index (κ3) is 7.84. The number of rotatable bonds is 7. The van der Waals surface area contributed by atoms with E-state index in [1.54, 1.807) is 13.8 Å². The van der Waals surface area contributed by atoms with Crippen LogP contribution in [0.25, 0.3) is 0 Å². The Hall–Kier alpha value is -1.37. The third-order valence-electron chi connectivity index (χ3n) is 2.05. The summed E-state index contributed by atoms with van der Waals surface area (Å²) in [5, 5.41) is 9.23. The zero-order chi connectivity index (χ0) is 14.3. The van der Waals surface area contributed by atoms with Crippen molar-refractivity contribution in [3.05, 3.63) is 0 Å². The molecular formula is C11H19BNO5. The molecule has 0 bridgehead atoms. The molecule has 1 N–H and O–H groups in total. The van der Waals surface area contributed by atoms with Crippen molar-refractivity contribution >= 4 is 24.7 Å². The van der Waals surface area contributed by atoms with Gasteiger partial charge in [0.1, 0.15) is 6.10 Å². The van der Waals surface area contributed by atoms with Crippen molar-refractivity contribution in [3.63, 3.8) is 0 Å². The monoisotopic (exact) mass is 256 g/mol.